The van der Waals surface area contributed by atoms with Gasteiger partial charge in [0.25, 0.3) is 0 Å². The van der Waals surface area contributed by atoms with E-state index in [0.29, 0.717) is 6.10 Å². The number of ether oxygens (including phenoxy) is 1. The summed E-state index contributed by atoms with van der Waals surface area (Å²) in [6.45, 7) is 4.85. The highest BCUT2D eigenvalue weighted by Crippen LogP contribution is 2.23. The van der Waals surface area contributed by atoms with Gasteiger partial charge in [-0.25, -0.2) is 4.98 Å². The summed E-state index contributed by atoms with van der Waals surface area (Å²) in [7, 11) is 0. The van der Waals surface area contributed by atoms with Crippen LogP contribution in [-0.2, 0) is 11.2 Å². The van der Waals surface area contributed by atoms with Crippen LogP contribution in [-0.4, -0.2) is 36.1 Å². The molecule has 2 heterocycles. The number of anilines is 1. The van der Waals surface area contributed by atoms with Crippen LogP contribution in [0.3, 0.4) is 0 Å². The van der Waals surface area contributed by atoms with Crippen molar-refractivity contribution in [1.82, 2.24) is 4.98 Å². The summed E-state index contributed by atoms with van der Waals surface area (Å²) in [6, 6.07) is 0. The number of alkyl halides is 1. The van der Waals surface area contributed by atoms with Crippen molar-refractivity contribution in [3.8, 4) is 0 Å². The van der Waals surface area contributed by atoms with Gasteiger partial charge in [0, 0.05) is 23.8 Å². The number of rotatable bonds is 3. The first-order valence-electron chi connectivity index (χ1n) is 5.20. The number of morpholine rings is 1. The van der Waals surface area contributed by atoms with Crippen LogP contribution < -0.4 is 4.90 Å². The van der Waals surface area contributed by atoms with Crippen LogP contribution in [0.25, 0.3) is 0 Å². The van der Waals surface area contributed by atoms with E-state index in [1.165, 1.54) is 5.69 Å². The van der Waals surface area contributed by atoms with Gasteiger partial charge in [-0.15, -0.1) is 11.3 Å². The summed E-state index contributed by atoms with van der Waals surface area (Å²) >= 11 is 5.20. The summed E-state index contributed by atoms with van der Waals surface area (Å²) in [5, 5.41) is 4.18. The molecule has 1 aliphatic heterocycles. The normalized spacial score (nSPS) is 22.0. The van der Waals surface area contributed by atoms with E-state index in [1.807, 2.05) is 0 Å². The Morgan fingerprint density at radius 1 is 1.73 bits per heavy atom. The van der Waals surface area contributed by atoms with Gasteiger partial charge in [0.1, 0.15) is 0 Å². The molecule has 84 valence electrons. The van der Waals surface area contributed by atoms with Gasteiger partial charge < -0.3 is 9.64 Å². The molecule has 2 rings (SSSR count). The Kier molecular flexibility index (Phi) is 3.99. The zero-order valence-electron chi connectivity index (χ0n) is 8.78. The van der Waals surface area contributed by atoms with Crippen LogP contribution in [0.4, 0.5) is 5.13 Å². The summed E-state index contributed by atoms with van der Waals surface area (Å²) in [4.78, 5) is 6.91. The number of halogens is 1. The zero-order chi connectivity index (χ0) is 10.7. The van der Waals surface area contributed by atoms with E-state index in [0.717, 1.165) is 36.6 Å². The van der Waals surface area contributed by atoms with E-state index >= 15 is 0 Å². The first kappa shape index (κ1) is 11.4. The molecular weight excluding hydrogens is 276 g/mol. The van der Waals surface area contributed by atoms with E-state index < -0.39 is 0 Å². The van der Waals surface area contributed by atoms with E-state index in [4.69, 9.17) is 4.74 Å². The maximum Gasteiger partial charge on any atom is 0.185 e. The average molecular weight is 291 g/mol. The van der Waals surface area contributed by atoms with Gasteiger partial charge in [-0.1, -0.05) is 22.9 Å². The van der Waals surface area contributed by atoms with E-state index in [2.05, 4.69) is 38.1 Å². The molecule has 0 saturated carbocycles. The number of hydrogen-bond acceptors (Lipinski definition) is 4. The third kappa shape index (κ3) is 2.71. The van der Waals surface area contributed by atoms with Crippen molar-refractivity contribution in [2.45, 2.75) is 19.4 Å². The lowest BCUT2D eigenvalue weighted by atomic mass is 10.3. The molecule has 0 bridgehead atoms. The summed E-state index contributed by atoms with van der Waals surface area (Å²) in [5.41, 5.74) is 1.19. The van der Waals surface area contributed by atoms with Crippen LogP contribution in [0.1, 0.15) is 12.6 Å². The van der Waals surface area contributed by atoms with E-state index in [-0.39, 0.29) is 0 Å². The Labute approximate surface area is 103 Å². The summed E-state index contributed by atoms with van der Waals surface area (Å²) in [6.07, 6.45) is 1.32. The lowest BCUT2D eigenvalue weighted by Gasteiger charge is -2.31. The van der Waals surface area contributed by atoms with Gasteiger partial charge in [0.15, 0.2) is 5.13 Å². The molecule has 1 aliphatic rings. The Morgan fingerprint density at radius 3 is 3.27 bits per heavy atom. The monoisotopic (exact) mass is 290 g/mol. The first-order valence-corrected chi connectivity index (χ1v) is 7.20. The third-order valence-electron chi connectivity index (χ3n) is 2.48. The molecule has 5 heteroatoms. The number of nitrogens with zero attached hydrogens (tertiary/aromatic N) is 2. The zero-order valence-corrected chi connectivity index (χ0v) is 11.2. The van der Waals surface area contributed by atoms with Crippen LogP contribution in [0.5, 0.6) is 0 Å². The van der Waals surface area contributed by atoms with Crippen LogP contribution in [0, 0.1) is 0 Å². The molecule has 15 heavy (non-hydrogen) atoms. The molecule has 1 atom stereocenters. The van der Waals surface area contributed by atoms with Gasteiger partial charge in [-0.05, 0) is 6.42 Å². The minimum atomic E-state index is 0.299. The predicted octanol–water partition coefficient (Wildman–Crippen LogP) is 2.31. The third-order valence-corrected chi connectivity index (χ3v) is 4.16. The van der Waals surface area contributed by atoms with Crippen LogP contribution in [0.15, 0.2) is 5.38 Å². The van der Waals surface area contributed by atoms with E-state index in [9.17, 15) is 0 Å². The van der Waals surface area contributed by atoms with Gasteiger partial charge in [-0.3, -0.25) is 0 Å². The highest BCUT2D eigenvalue weighted by Gasteiger charge is 2.21. The highest BCUT2D eigenvalue weighted by molar-refractivity contribution is 9.09. The predicted molar refractivity (Wildman–Crippen MR) is 67.2 cm³/mol. The van der Waals surface area contributed by atoms with Crippen molar-refractivity contribution in [3.05, 3.63) is 11.1 Å². The van der Waals surface area contributed by atoms with Crippen molar-refractivity contribution in [2.24, 2.45) is 0 Å². The number of thiazole rings is 1. The molecule has 0 amide bonds. The molecule has 0 radical (unpaired) electrons. The smallest absolute Gasteiger partial charge is 0.185 e. The van der Waals surface area contributed by atoms with Crippen molar-refractivity contribution >= 4 is 32.4 Å². The van der Waals surface area contributed by atoms with Gasteiger partial charge >= 0.3 is 0 Å². The van der Waals surface area contributed by atoms with Crippen molar-refractivity contribution < 1.29 is 4.74 Å². The minimum absolute atomic E-state index is 0.299. The largest absolute Gasteiger partial charge is 0.374 e. The molecule has 1 aromatic heterocycles. The standard InChI is InChI=1S/C10H15BrN2OS/c1-2-8-7-15-10(12-8)13-3-4-14-9(5-11)6-13/h7,9H,2-6H2,1H3. The molecule has 0 spiro atoms. The van der Waals surface area contributed by atoms with Crippen molar-refractivity contribution in [1.29, 1.82) is 0 Å². The molecule has 0 aliphatic carbocycles. The van der Waals surface area contributed by atoms with E-state index in [1.54, 1.807) is 11.3 Å². The quantitative estimate of drug-likeness (QED) is 0.799. The molecule has 1 unspecified atom stereocenters. The fourth-order valence-corrected chi connectivity index (χ4v) is 2.93. The molecule has 0 N–H and O–H groups in total. The fourth-order valence-electron chi connectivity index (χ4n) is 1.59. The van der Waals surface area contributed by atoms with Crippen molar-refractivity contribution in [2.75, 3.05) is 29.9 Å². The van der Waals surface area contributed by atoms with Gasteiger partial charge in [-0.2, -0.15) is 0 Å². The maximum absolute atomic E-state index is 5.60. The molecule has 1 aromatic rings. The molecule has 3 nitrogen and oxygen atoms in total. The van der Waals surface area contributed by atoms with Crippen LogP contribution in [0.2, 0.25) is 0 Å². The molecular formula is C10H15BrN2OS. The molecule has 0 aromatic carbocycles. The average Bonchev–Trinajstić information content (AvgIpc) is 2.78. The Bertz CT molecular complexity index is 318. The SMILES string of the molecule is CCc1csc(N2CCOC(CBr)C2)n1. The number of aromatic nitrogens is 1. The highest BCUT2D eigenvalue weighted by atomic mass is 79.9. The minimum Gasteiger partial charge on any atom is -0.374 e. The second kappa shape index (κ2) is 5.27. The lowest BCUT2D eigenvalue weighted by Crippen LogP contribution is -2.43. The number of aryl methyl sites for hydroxylation is 1. The lowest BCUT2D eigenvalue weighted by molar-refractivity contribution is 0.0571. The molecule has 1 fully saturated rings. The number of hydrogen-bond donors (Lipinski definition) is 0. The van der Waals surface area contributed by atoms with Crippen molar-refractivity contribution in [3.63, 3.8) is 0 Å². The van der Waals surface area contributed by atoms with Gasteiger partial charge in [0.05, 0.1) is 18.4 Å². The first-order chi connectivity index (χ1) is 7.33. The second-order valence-corrected chi connectivity index (χ2v) is 5.05. The maximum atomic E-state index is 5.60. The van der Waals surface area contributed by atoms with Crippen LogP contribution >= 0.6 is 27.3 Å². The Hall–Kier alpha value is -0.130. The fraction of sp³-hybridized carbons (Fsp3) is 0.700. The molecule has 1 saturated heterocycles. The Balaban J connectivity index is 2.03. The summed E-state index contributed by atoms with van der Waals surface area (Å²) < 4.78 is 5.60. The topological polar surface area (TPSA) is 25.4 Å². The second-order valence-electron chi connectivity index (χ2n) is 3.57. The van der Waals surface area contributed by atoms with Gasteiger partial charge in [0.2, 0.25) is 0 Å². The summed E-state index contributed by atoms with van der Waals surface area (Å²) in [5.74, 6) is 0. The Morgan fingerprint density at radius 2 is 2.60 bits per heavy atom.